The standard InChI is InChI=1S/C18H25NO3/c1-22-17(20)11-6-13-2-7-15(8-3-13)18(21)16-9-4-14(12-19)5-10-16/h2-3,7-8,14,16H,4-6,9-12,19H2,1H3/t14-,16-. The van der Waals surface area contributed by atoms with E-state index in [0.717, 1.165) is 43.4 Å². The molecule has 0 aliphatic heterocycles. The lowest BCUT2D eigenvalue weighted by molar-refractivity contribution is -0.140. The summed E-state index contributed by atoms with van der Waals surface area (Å²) in [7, 11) is 1.39. The van der Waals surface area contributed by atoms with Gasteiger partial charge in [0, 0.05) is 17.9 Å². The average molecular weight is 303 g/mol. The predicted molar refractivity (Wildman–Crippen MR) is 85.6 cm³/mol. The fraction of sp³-hybridized carbons (Fsp3) is 0.556. The summed E-state index contributed by atoms with van der Waals surface area (Å²) in [6.07, 6.45) is 5.03. The molecule has 1 fully saturated rings. The van der Waals surface area contributed by atoms with Crippen molar-refractivity contribution < 1.29 is 14.3 Å². The van der Waals surface area contributed by atoms with E-state index in [1.807, 2.05) is 24.3 Å². The molecule has 0 radical (unpaired) electrons. The lowest BCUT2D eigenvalue weighted by Crippen LogP contribution is -2.25. The van der Waals surface area contributed by atoms with E-state index in [9.17, 15) is 9.59 Å². The van der Waals surface area contributed by atoms with Crippen LogP contribution in [0.5, 0.6) is 0 Å². The Morgan fingerprint density at radius 1 is 1.14 bits per heavy atom. The van der Waals surface area contributed by atoms with E-state index in [1.54, 1.807) is 0 Å². The quantitative estimate of drug-likeness (QED) is 0.648. The van der Waals surface area contributed by atoms with Gasteiger partial charge in [-0.25, -0.2) is 0 Å². The molecule has 4 heteroatoms. The van der Waals surface area contributed by atoms with Crippen LogP contribution in [0.2, 0.25) is 0 Å². The van der Waals surface area contributed by atoms with Gasteiger partial charge in [-0.05, 0) is 50.1 Å². The molecule has 4 nitrogen and oxygen atoms in total. The summed E-state index contributed by atoms with van der Waals surface area (Å²) >= 11 is 0. The first-order valence-corrected chi connectivity index (χ1v) is 8.04. The van der Waals surface area contributed by atoms with Crippen molar-refractivity contribution >= 4 is 11.8 Å². The Morgan fingerprint density at radius 2 is 1.77 bits per heavy atom. The van der Waals surface area contributed by atoms with Crippen molar-refractivity contribution in [1.82, 2.24) is 0 Å². The molecule has 1 aliphatic rings. The first-order chi connectivity index (χ1) is 10.6. The van der Waals surface area contributed by atoms with E-state index in [1.165, 1.54) is 7.11 Å². The number of carbonyl (C=O) groups excluding carboxylic acids is 2. The Morgan fingerprint density at radius 3 is 2.32 bits per heavy atom. The number of benzene rings is 1. The van der Waals surface area contributed by atoms with Crippen molar-refractivity contribution in [3.05, 3.63) is 35.4 Å². The molecule has 1 aromatic carbocycles. The number of aryl methyl sites for hydroxylation is 1. The topological polar surface area (TPSA) is 69.4 Å². The monoisotopic (exact) mass is 303 g/mol. The van der Waals surface area contributed by atoms with Gasteiger partial charge in [0.1, 0.15) is 0 Å². The summed E-state index contributed by atoms with van der Waals surface area (Å²) in [5, 5.41) is 0. The highest BCUT2D eigenvalue weighted by Crippen LogP contribution is 2.30. The molecule has 0 amide bonds. The number of rotatable bonds is 6. The van der Waals surface area contributed by atoms with Crippen molar-refractivity contribution in [2.45, 2.75) is 38.5 Å². The number of ketones is 1. The molecule has 2 N–H and O–H groups in total. The summed E-state index contributed by atoms with van der Waals surface area (Å²) in [6, 6.07) is 7.62. The van der Waals surface area contributed by atoms with Crippen LogP contribution >= 0.6 is 0 Å². The normalized spacial score (nSPS) is 21.4. The summed E-state index contributed by atoms with van der Waals surface area (Å²) in [5.41, 5.74) is 7.52. The van der Waals surface area contributed by atoms with Gasteiger partial charge in [-0.3, -0.25) is 9.59 Å². The van der Waals surface area contributed by atoms with Crippen molar-refractivity contribution in [2.75, 3.05) is 13.7 Å². The Hall–Kier alpha value is -1.68. The zero-order valence-corrected chi connectivity index (χ0v) is 13.2. The second kappa shape index (κ2) is 8.08. The van der Waals surface area contributed by atoms with Crippen molar-refractivity contribution in [2.24, 2.45) is 17.6 Å². The fourth-order valence-electron chi connectivity index (χ4n) is 3.08. The van der Waals surface area contributed by atoms with Gasteiger partial charge >= 0.3 is 5.97 Å². The first-order valence-electron chi connectivity index (χ1n) is 8.04. The molecule has 1 saturated carbocycles. The fourth-order valence-corrected chi connectivity index (χ4v) is 3.08. The second-order valence-corrected chi connectivity index (χ2v) is 6.09. The zero-order chi connectivity index (χ0) is 15.9. The number of esters is 1. The SMILES string of the molecule is COC(=O)CCc1ccc(C(=O)[C@H]2CC[C@H](CN)CC2)cc1. The van der Waals surface area contributed by atoms with E-state index < -0.39 is 0 Å². The summed E-state index contributed by atoms with van der Waals surface area (Å²) < 4.78 is 4.63. The van der Waals surface area contributed by atoms with E-state index in [2.05, 4.69) is 4.74 Å². The highest BCUT2D eigenvalue weighted by Gasteiger charge is 2.26. The molecule has 1 aromatic rings. The van der Waals surface area contributed by atoms with Crippen LogP contribution in [-0.4, -0.2) is 25.4 Å². The van der Waals surface area contributed by atoms with Crippen LogP contribution in [0.4, 0.5) is 0 Å². The summed E-state index contributed by atoms with van der Waals surface area (Å²) in [4.78, 5) is 23.6. The third-order valence-corrected chi connectivity index (χ3v) is 4.63. The smallest absolute Gasteiger partial charge is 0.305 e. The van der Waals surface area contributed by atoms with Crippen LogP contribution in [0, 0.1) is 11.8 Å². The Balaban J connectivity index is 1.90. The van der Waals surface area contributed by atoms with Gasteiger partial charge in [-0.2, -0.15) is 0 Å². The Labute approximate surface area is 132 Å². The molecule has 1 aliphatic carbocycles. The molecule has 0 bridgehead atoms. The number of carbonyl (C=O) groups is 2. The molecule has 0 saturated heterocycles. The third-order valence-electron chi connectivity index (χ3n) is 4.63. The Bertz CT molecular complexity index is 502. The van der Waals surface area contributed by atoms with Gasteiger partial charge < -0.3 is 10.5 Å². The predicted octanol–water partition coefficient (Wildman–Crippen LogP) is 2.74. The molecule has 0 atom stereocenters. The van der Waals surface area contributed by atoms with Gasteiger partial charge in [-0.15, -0.1) is 0 Å². The minimum Gasteiger partial charge on any atom is -0.469 e. The molecular weight excluding hydrogens is 278 g/mol. The minimum absolute atomic E-state index is 0.142. The second-order valence-electron chi connectivity index (χ2n) is 6.09. The van der Waals surface area contributed by atoms with E-state index in [0.29, 0.717) is 18.8 Å². The molecular formula is C18H25NO3. The molecule has 120 valence electrons. The lowest BCUT2D eigenvalue weighted by atomic mass is 9.78. The van der Waals surface area contributed by atoms with Crippen molar-refractivity contribution in [1.29, 1.82) is 0 Å². The van der Waals surface area contributed by atoms with E-state index in [-0.39, 0.29) is 17.7 Å². The number of ether oxygens (including phenoxy) is 1. The van der Waals surface area contributed by atoms with Gasteiger partial charge in [-0.1, -0.05) is 24.3 Å². The summed E-state index contributed by atoms with van der Waals surface area (Å²) in [5.74, 6) is 0.764. The number of Topliss-reactive ketones (excluding diaryl/α,β-unsaturated/α-hetero) is 1. The lowest BCUT2D eigenvalue weighted by Gasteiger charge is -2.26. The van der Waals surface area contributed by atoms with E-state index in [4.69, 9.17) is 5.73 Å². The maximum absolute atomic E-state index is 12.5. The van der Waals surface area contributed by atoms with E-state index >= 15 is 0 Å². The Kier molecular flexibility index (Phi) is 6.13. The molecule has 0 spiro atoms. The first kappa shape index (κ1) is 16.7. The van der Waals surface area contributed by atoms with Crippen LogP contribution in [0.15, 0.2) is 24.3 Å². The molecule has 0 aromatic heterocycles. The zero-order valence-electron chi connectivity index (χ0n) is 13.2. The van der Waals surface area contributed by atoms with Crippen molar-refractivity contribution in [3.8, 4) is 0 Å². The van der Waals surface area contributed by atoms with Crippen LogP contribution in [0.3, 0.4) is 0 Å². The molecule has 0 heterocycles. The van der Waals surface area contributed by atoms with Gasteiger partial charge in [0.15, 0.2) is 5.78 Å². The number of nitrogens with two attached hydrogens (primary N) is 1. The molecule has 0 unspecified atom stereocenters. The van der Waals surface area contributed by atoms with Crippen molar-refractivity contribution in [3.63, 3.8) is 0 Å². The number of hydrogen-bond donors (Lipinski definition) is 1. The van der Waals surface area contributed by atoms with Gasteiger partial charge in [0.25, 0.3) is 0 Å². The van der Waals surface area contributed by atoms with Gasteiger partial charge in [0.05, 0.1) is 7.11 Å². The largest absolute Gasteiger partial charge is 0.469 e. The van der Waals surface area contributed by atoms with Crippen LogP contribution < -0.4 is 5.73 Å². The minimum atomic E-state index is -0.211. The number of methoxy groups -OCH3 is 1. The van der Waals surface area contributed by atoms with Gasteiger partial charge in [0.2, 0.25) is 0 Å². The highest BCUT2D eigenvalue weighted by molar-refractivity contribution is 5.97. The number of hydrogen-bond acceptors (Lipinski definition) is 4. The van der Waals surface area contributed by atoms with Crippen LogP contribution in [0.1, 0.15) is 48.0 Å². The van der Waals surface area contributed by atoms with Crippen LogP contribution in [-0.2, 0) is 16.0 Å². The maximum Gasteiger partial charge on any atom is 0.305 e. The third kappa shape index (κ3) is 4.41. The molecule has 22 heavy (non-hydrogen) atoms. The maximum atomic E-state index is 12.5. The average Bonchev–Trinajstić information content (AvgIpc) is 2.59. The summed E-state index contributed by atoms with van der Waals surface area (Å²) in [6.45, 7) is 0.732. The molecule has 2 rings (SSSR count). The highest BCUT2D eigenvalue weighted by atomic mass is 16.5. The van der Waals surface area contributed by atoms with Crippen LogP contribution in [0.25, 0.3) is 0 Å².